The van der Waals surface area contributed by atoms with Crippen LogP contribution in [0.1, 0.15) is 27.2 Å². The molecular weight excluding hydrogens is 240 g/mol. The zero-order valence-electron chi connectivity index (χ0n) is 10.9. The molecule has 0 bridgehead atoms. The van der Waals surface area contributed by atoms with E-state index in [0.29, 0.717) is 12.5 Å². The van der Waals surface area contributed by atoms with E-state index in [1.54, 1.807) is 11.8 Å². The van der Waals surface area contributed by atoms with Crippen molar-refractivity contribution >= 4 is 15.7 Å². The molecule has 0 aromatic heterocycles. The molecule has 0 aromatic carbocycles. The van der Waals surface area contributed by atoms with E-state index >= 15 is 0 Å². The van der Waals surface area contributed by atoms with E-state index in [0.717, 1.165) is 6.42 Å². The van der Waals surface area contributed by atoms with Crippen LogP contribution in [0.5, 0.6) is 0 Å². The fourth-order valence-electron chi connectivity index (χ4n) is 2.28. The summed E-state index contributed by atoms with van der Waals surface area (Å²) in [7, 11) is -3.06. The molecular formula is C11H22N2O3S. The third-order valence-corrected chi connectivity index (χ3v) is 3.91. The van der Waals surface area contributed by atoms with Gasteiger partial charge >= 0.3 is 0 Å². The summed E-state index contributed by atoms with van der Waals surface area (Å²) in [6.45, 7) is 6.28. The van der Waals surface area contributed by atoms with Gasteiger partial charge in [0.05, 0.1) is 18.5 Å². The molecule has 1 amide bonds. The maximum Gasteiger partial charge on any atom is 0.238 e. The van der Waals surface area contributed by atoms with Crippen LogP contribution in [0.3, 0.4) is 0 Å². The van der Waals surface area contributed by atoms with Gasteiger partial charge in [0.25, 0.3) is 0 Å². The van der Waals surface area contributed by atoms with Crippen LogP contribution in [0.25, 0.3) is 0 Å². The Morgan fingerprint density at radius 3 is 2.47 bits per heavy atom. The van der Waals surface area contributed by atoms with Crippen molar-refractivity contribution in [3.05, 3.63) is 0 Å². The highest BCUT2D eigenvalue weighted by Gasteiger charge is 2.35. The Morgan fingerprint density at radius 1 is 1.41 bits per heavy atom. The van der Waals surface area contributed by atoms with E-state index in [1.807, 2.05) is 0 Å². The highest BCUT2D eigenvalue weighted by Crippen LogP contribution is 2.17. The smallest absolute Gasteiger partial charge is 0.238 e. The summed E-state index contributed by atoms with van der Waals surface area (Å²) in [5, 5.41) is 3.14. The SMILES string of the molecule is CC(C)CC1NCC(=O)N1C(C)CS(C)(=O)=O. The first-order valence-electron chi connectivity index (χ1n) is 5.93. The predicted molar refractivity (Wildman–Crippen MR) is 67.3 cm³/mol. The van der Waals surface area contributed by atoms with Gasteiger partial charge in [0.15, 0.2) is 0 Å². The Hall–Kier alpha value is -0.620. The molecule has 17 heavy (non-hydrogen) atoms. The third kappa shape index (κ3) is 4.27. The lowest BCUT2D eigenvalue weighted by molar-refractivity contribution is -0.129. The van der Waals surface area contributed by atoms with Crippen molar-refractivity contribution in [1.82, 2.24) is 10.2 Å². The minimum Gasteiger partial charge on any atom is -0.322 e. The molecule has 2 unspecified atom stereocenters. The Bertz CT molecular complexity index is 378. The number of rotatable bonds is 5. The summed E-state index contributed by atoms with van der Waals surface area (Å²) in [4.78, 5) is 13.4. The Balaban J connectivity index is 2.73. The Kier molecular flexibility index (Phi) is 4.55. The lowest BCUT2D eigenvalue weighted by atomic mass is 10.1. The summed E-state index contributed by atoms with van der Waals surface area (Å²) in [6.07, 6.45) is 2.02. The molecule has 6 heteroatoms. The molecule has 1 heterocycles. The molecule has 1 N–H and O–H groups in total. The van der Waals surface area contributed by atoms with Gasteiger partial charge in [0.1, 0.15) is 9.84 Å². The first-order chi connectivity index (χ1) is 7.70. The van der Waals surface area contributed by atoms with Crippen LogP contribution in [0.15, 0.2) is 0 Å². The molecule has 1 aliphatic heterocycles. The monoisotopic (exact) mass is 262 g/mol. The van der Waals surface area contributed by atoms with Gasteiger partial charge in [-0.3, -0.25) is 10.1 Å². The number of nitrogens with one attached hydrogen (secondary N) is 1. The fraction of sp³-hybridized carbons (Fsp3) is 0.909. The Labute approximate surface area is 103 Å². The highest BCUT2D eigenvalue weighted by atomic mass is 32.2. The van der Waals surface area contributed by atoms with Crippen LogP contribution in [0.2, 0.25) is 0 Å². The highest BCUT2D eigenvalue weighted by molar-refractivity contribution is 7.90. The number of sulfone groups is 1. The lowest BCUT2D eigenvalue weighted by Gasteiger charge is -2.31. The molecule has 1 fully saturated rings. The molecule has 0 saturated carbocycles. The molecule has 0 spiro atoms. The van der Waals surface area contributed by atoms with Crippen molar-refractivity contribution in [3.63, 3.8) is 0 Å². The summed E-state index contributed by atoms with van der Waals surface area (Å²) >= 11 is 0. The second kappa shape index (κ2) is 5.35. The predicted octanol–water partition coefficient (Wildman–Crippen LogP) is 0.224. The standard InChI is InChI=1S/C11H22N2O3S/c1-8(2)5-10-12-6-11(14)13(10)9(3)7-17(4,15)16/h8-10,12H,5-7H2,1-4H3. The second-order valence-electron chi connectivity index (χ2n) is 5.27. The van der Waals surface area contributed by atoms with Gasteiger partial charge in [0, 0.05) is 12.3 Å². The van der Waals surface area contributed by atoms with E-state index in [2.05, 4.69) is 19.2 Å². The number of hydrogen-bond acceptors (Lipinski definition) is 4. The number of hydrogen-bond donors (Lipinski definition) is 1. The van der Waals surface area contributed by atoms with Gasteiger partial charge in [-0.15, -0.1) is 0 Å². The van der Waals surface area contributed by atoms with Crippen molar-refractivity contribution in [2.24, 2.45) is 5.92 Å². The third-order valence-electron chi connectivity index (χ3n) is 2.83. The fourth-order valence-corrected chi connectivity index (χ4v) is 3.32. The molecule has 1 rings (SSSR count). The van der Waals surface area contributed by atoms with Crippen LogP contribution >= 0.6 is 0 Å². The molecule has 0 aromatic rings. The van der Waals surface area contributed by atoms with E-state index < -0.39 is 9.84 Å². The molecule has 2 atom stereocenters. The first-order valence-corrected chi connectivity index (χ1v) is 7.99. The van der Waals surface area contributed by atoms with E-state index in [4.69, 9.17) is 0 Å². The van der Waals surface area contributed by atoms with Crippen molar-refractivity contribution in [1.29, 1.82) is 0 Å². The zero-order chi connectivity index (χ0) is 13.2. The van der Waals surface area contributed by atoms with Crippen LogP contribution in [0, 0.1) is 5.92 Å². The summed E-state index contributed by atoms with van der Waals surface area (Å²) < 4.78 is 22.6. The second-order valence-corrected chi connectivity index (χ2v) is 7.45. The minimum absolute atomic E-state index is 0.00759. The van der Waals surface area contributed by atoms with Gasteiger partial charge in [0.2, 0.25) is 5.91 Å². The zero-order valence-corrected chi connectivity index (χ0v) is 11.8. The molecule has 0 aliphatic carbocycles. The van der Waals surface area contributed by atoms with Crippen molar-refractivity contribution < 1.29 is 13.2 Å². The van der Waals surface area contributed by atoms with Gasteiger partial charge in [-0.05, 0) is 19.3 Å². The quantitative estimate of drug-likeness (QED) is 0.770. The van der Waals surface area contributed by atoms with E-state index in [9.17, 15) is 13.2 Å². The van der Waals surface area contributed by atoms with Crippen LogP contribution in [-0.2, 0) is 14.6 Å². The first kappa shape index (κ1) is 14.4. The van der Waals surface area contributed by atoms with E-state index in [-0.39, 0.29) is 23.9 Å². The Morgan fingerprint density at radius 2 is 2.00 bits per heavy atom. The average molecular weight is 262 g/mol. The van der Waals surface area contributed by atoms with Crippen molar-refractivity contribution in [3.8, 4) is 0 Å². The molecule has 5 nitrogen and oxygen atoms in total. The molecule has 100 valence electrons. The van der Waals surface area contributed by atoms with Crippen LogP contribution in [-0.4, -0.2) is 50.0 Å². The van der Waals surface area contributed by atoms with Gasteiger partial charge < -0.3 is 4.90 Å². The number of amides is 1. The maximum atomic E-state index is 11.8. The van der Waals surface area contributed by atoms with E-state index in [1.165, 1.54) is 6.26 Å². The van der Waals surface area contributed by atoms with Crippen molar-refractivity contribution in [2.75, 3.05) is 18.6 Å². The number of nitrogens with zero attached hydrogens (tertiary/aromatic N) is 1. The van der Waals surface area contributed by atoms with Gasteiger partial charge in [-0.25, -0.2) is 8.42 Å². The van der Waals surface area contributed by atoms with Crippen LogP contribution < -0.4 is 5.32 Å². The summed E-state index contributed by atoms with van der Waals surface area (Å²) in [5.74, 6) is 0.479. The topological polar surface area (TPSA) is 66.5 Å². The summed E-state index contributed by atoms with van der Waals surface area (Å²) in [6, 6.07) is -0.267. The summed E-state index contributed by atoms with van der Waals surface area (Å²) in [5.41, 5.74) is 0. The normalized spacial score (nSPS) is 23.5. The maximum absolute atomic E-state index is 11.8. The van der Waals surface area contributed by atoms with Crippen molar-refractivity contribution in [2.45, 2.75) is 39.4 Å². The minimum atomic E-state index is -3.06. The lowest BCUT2D eigenvalue weighted by Crippen LogP contribution is -2.46. The molecule has 0 radical (unpaired) electrons. The van der Waals surface area contributed by atoms with Gasteiger partial charge in [-0.2, -0.15) is 0 Å². The largest absolute Gasteiger partial charge is 0.322 e. The molecule has 1 aliphatic rings. The number of carbonyl (C=O) groups is 1. The number of carbonyl (C=O) groups excluding carboxylic acids is 1. The molecule has 1 saturated heterocycles. The van der Waals surface area contributed by atoms with Gasteiger partial charge in [-0.1, -0.05) is 13.8 Å². The average Bonchev–Trinajstić information content (AvgIpc) is 2.42. The van der Waals surface area contributed by atoms with Crippen LogP contribution in [0.4, 0.5) is 0 Å².